The first-order valence-corrected chi connectivity index (χ1v) is 7.32. The lowest BCUT2D eigenvalue weighted by Crippen LogP contribution is -2.30. The second-order valence-electron chi connectivity index (χ2n) is 4.78. The standard InChI is InChI=1S/C16H20ClNO3/c1-3-12(10-19)18-9-13-5-7-15(21-13)11-4-6-16(20-2)14(17)8-11/h4-8,12,18-19H,3,9-10H2,1-2H3. The van der Waals surface area contributed by atoms with Crippen LogP contribution in [0, 0.1) is 0 Å². The Bertz CT molecular complexity index is 579. The monoisotopic (exact) mass is 309 g/mol. The van der Waals surface area contributed by atoms with Crippen LogP contribution >= 0.6 is 11.6 Å². The summed E-state index contributed by atoms with van der Waals surface area (Å²) in [7, 11) is 1.59. The van der Waals surface area contributed by atoms with Crippen LogP contribution in [0.5, 0.6) is 5.75 Å². The first-order valence-electron chi connectivity index (χ1n) is 6.94. The quantitative estimate of drug-likeness (QED) is 0.822. The van der Waals surface area contributed by atoms with Crippen molar-refractivity contribution in [3.05, 3.63) is 41.1 Å². The molecule has 5 heteroatoms. The maximum atomic E-state index is 9.15. The van der Waals surface area contributed by atoms with E-state index in [1.54, 1.807) is 7.11 Å². The van der Waals surface area contributed by atoms with Crippen molar-refractivity contribution in [1.29, 1.82) is 0 Å². The van der Waals surface area contributed by atoms with E-state index in [0.29, 0.717) is 17.3 Å². The predicted molar refractivity (Wildman–Crippen MR) is 83.7 cm³/mol. The van der Waals surface area contributed by atoms with Crippen molar-refractivity contribution in [3.8, 4) is 17.1 Å². The third-order valence-corrected chi connectivity index (χ3v) is 3.67. The molecule has 0 fully saturated rings. The highest BCUT2D eigenvalue weighted by atomic mass is 35.5. The van der Waals surface area contributed by atoms with E-state index in [9.17, 15) is 0 Å². The van der Waals surface area contributed by atoms with Gasteiger partial charge in [0.15, 0.2) is 0 Å². The van der Waals surface area contributed by atoms with E-state index in [4.69, 9.17) is 25.9 Å². The van der Waals surface area contributed by atoms with E-state index in [2.05, 4.69) is 5.32 Å². The Labute approximate surface area is 129 Å². The summed E-state index contributed by atoms with van der Waals surface area (Å²) in [6, 6.07) is 9.47. The lowest BCUT2D eigenvalue weighted by molar-refractivity contribution is 0.235. The average Bonchev–Trinajstić information content (AvgIpc) is 2.97. The summed E-state index contributed by atoms with van der Waals surface area (Å²) in [5.74, 6) is 2.22. The molecule has 1 atom stereocenters. The predicted octanol–water partition coefficient (Wildman–Crippen LogP) is 3.47. The van der Waals surface area contributed by atoms with Crippen LogP contribution in [-0.4, -0.2) is 24.9 Å². The van der Waals surface area contributed by atoms with Gasteiger partial charge in [-0.15, -0.1) is 0 Å². The van der Waals surface area contributed by atoms with Gasteiger partial charge in [-0.2, -0.15) is 0 Å². The summed E-state index contributed by atoms with van der Waals surface area (Å²) in [6.45, 7) is 2.74. The molecule has 0 amide bonds. The number of aliphatic hydroxyl groups excluding tert-OH is 1. The molecule has 1 heterocycles. The van der Waals surface area contributed by atoms with E-state index in [-0.39, 0.29) is 12.6 Å². The third-order valence-electron chi connectivity index (χ3n) is 3.38. The van der Waals surface area contributed by atoms with E-state index in [1.807, 2.05) is 37.3 Å². The molecule has 2 N–H and O–H groups in total. The molecule has 0 spiro atoms. The number of benzene rings is 1. The normalized spacial score (nSPS) is 12.4. The lowest BCUT2D eigenvalue weighted by atomic mass is 10.2. The van der Waals surface area contributed by atoms with E-state index in [0.717, 1.165) is 23.5 Å². The molecule has 0 aliphatic carbocycles. The smallest absolute Gasteiger partial charge is 0.137 e. The number of methoxy groups -OCH3 is 1. The number of rotatable bonds is 7. The average molecular weight is 310 g/mol. The molecule has 2 rings (SSSR count). The molecule has 0 aliphatic rings. The SMILES string of the molecule is CCC(CO)NCc1ccc(-c2ccc(OC)c(Cl)c2)o1. The van der Waals surface area contributed by atoms with Gasteiger partial charge < -0.3 is 19.6 Å². The van der Waals surface area contributed by atoms with Gasteiger partial charge in [-0.3, -0.25) is 0 Å². The van der Waals surface area contributed by atoms with Gasteiger partial charge in [0.25, 0.3) is 0 Å². The van der Waals surface area contributed by atoms with Crippen molar-refractivity contribution in [2.45, 2.75) is 25.9 Å². The Morgan fingerprint density at radius 3 is 2.76 bits per heavy atom. The van der Waals surface area contributed by atoms with Gasteiger partial charge in [0.2, 0.25) is 0 Å². The first-order chi connectivity index (χ1) is 10.2. The largest absolute Gasteiger partial charge is 0.495 e. The van der Waals surface area contributed by atoms with Gasteiger partial charge in [-0.1, -0.05) is 18.5 Å². The van der Waals surface area contributed by atoms with E-state index < -0.39 is 0 Å². The summed E-state index contributed by atoms with van der Waals surface area (Å²) in [6.07, 6.45) is 0.873. The molecule has 0 bridgehead atoms. The summed E-state index contributed by atoms with van der Waals surface area (Å²) in [5, 5.41) is 12.9. The second-order valence-corrected chi connectivity index (χ2v) is 5.19. The van der Waals surface area contributed by atoms with Crippen LogP contribution in [0.25, 0.3) is 11.3 Å². The highest BCUT2D eigenvalue weighted by molar-refractivity contribution is 6.32. The minimum Gasteiger partial charge on any atom is -0.495 e. The molecule has 0 radical (unpaired) electrons. The zero-order valence-electron chi connectivity index (χ0n) is 12.2. The number of aliphatic hydroxyl groups is 1. The maximum absolute atomic E-state index is 9.15. The maximum Gasteiger partial charge on any atom is 0.137 e. The van der Waals surface area contributed by atoms with Crippen molar-refractivity contribution >= 4 is 11.6 Å². The summed E-state index contributed by atoms with van der Waals surface area (Å²) >= 11 is 6.12. The van der Waals surface area contributed by atoms with Crippen molar-refractivity contribution in [2.75, 3.05) is 13.7 Å². The van der Waals surface area contributed by atoms with Gasteiger partial charge in [0.1, 0.15) is 17.3 Å². The Hall–Kier alpha value is -1.49. The van der Waals surface area contributed by atoms with Crippen molar-refractivity contribution < 1.29 is 14.3 Å². The Morgan fingerprint density at radius 1 is 1.33 bits per heavy atom. The molecule has 1 aromatic heterocycles. The number of furan rings is 1. The van der Waals surface area contributed by atoms with Crippen LogP contribution in [0.3, 0.4) is 0 Å². The molecule has 114 valence electrons. The number of halogens is 1. The Balaban J connectivity index is 2.07. The van der Waals surface area contributed by atoms with E-state index >= 15 is 0 Å². The van der Waals surface area contributed by atoms with Crippen molar-refractivity contribution in [3.63, 3.8) is 0 Å². The van der Waals surface area contributed by atoms with Crippen molar-refractivity contribution in [2.24, 2.45) is 0 Å². The van der Waals surface area contributed by atoms with Gasteiger partial charge in [-0.25, -0.2) is 0 Å². The van der Waals surface area contributed by atoms with E-state index in [1.165, 1.54) is 0 Å². The highest BCUT2D eigenvalue weighted by Gasteiger charge is 2.09. The van der Waals surface area contributed by atoms with Gasteiger partial charge in [0.05, 0.1) is 25.3 Å². The van der Waals surface area contributed by atoms with Crippen LogP contribution in [-0.2, 0) is 6.54 Å². The van der Waals surface area contributed by atoms with Crippen LogP contribution < -0.4 is 10.1 Å². The molecule has 0 saturated carbocycles. The van der Waals surface area contributed by atoms with Gasteiger partial charge >= 0.3 is 0 Å². The summed E-state index contributed by atoms with van der Waals surface area (Å²) < 4.78 is 10.9. The third kappa shape index (κ3) is 4.00. The number of hydrogen-bond acceptors (Lipinski definition) is 4. The van der Waals surface area contributed by atoms with Crippen LogP contribution in [0.4, 0.5) is 0 Å². The molecule has 2 aromatic rings. The molecular formula is C16H20ClNO3. The zero-order valence-corrected chi connectivity index (χ0v) is 13.0. The lowest BCUT2D eigenvalue weighted by Gasteiger charge is -2.12. The minimum absolute atomic E-state index is 0.0916. The number of hydrogen-bond donors (Lipinski definition) is 2. The molecule has 4 nitrogen and oxygen atoms in total. The van der Waals surface area contributed by atoms with Gasteiger partial charge in [0, 0.05) is 11.6 Å². The fourth-order valence-corrected chi connectivity index (χ4v) is 2.29. The van der Waals surface area contributed by atoms with Gasteiger partial charge in [-0.05, 0) is 36.8 Å². The topological polar surface area (TPSA) is 54.6 Å². The molecule has 1 unspecified atom stereocenters. The first kappa shape index (κ1) is 15.9. The van der Waals surface area contributed by atoms with Crippen molar-refractivity contribution in [1.82, 2.24) is 5.32 Å². The molecular weight excluding hydrogens is 290 g/mol. The minimum atomic E-state index is 0.0916. The van der Waals surface area contributed by atoms with Crippen LogP contribution in [0.2, 0.25) is 5.02 Å². The molecule has 0 saturated heterocycles. The molecule has 21 heavy (non-hydrogen) atoms. The van der Waals surface area contributed by atoms with Crippen LogP contribution in [0.1, 0.15) is 19.1 Å². The fourth-order valence-electron chi connectivity index (χ4n) is 2.03. The van der Waals surface area contributed by atoms with Crippen LogP contribution in [0.15, 0.2) is 34.7 Å². The Kier molecular flexibility index (Phi) is 5.67. The molecule has 0 aliphatic heterocycles. The molecule has 1 aromatic carbocycles. The number of ether oxygens (including phenoxy) is 1. The Morgan fingerprint density at radius 2 is 2.14 bits per heavy atom. The second kappa shape index (κ2) is 7.50. The summed E-state index contributed by atoms with van der Waals surface area (Å²) in [4.78, 5) is 0. The zero-order chi connectivity index (χ0) is 15.2. The summed E-state index contributed by atoms with van der Waals surface area (Å²) in [5.41, 5.74) is 0.904. The highest BCUT2D eigenvalue weighted by Crippen LogP contribution is 2.31. The fraction of sp³-hybridized carbons (Fsp3) is 0.375. The number of nitrogens with one attached hydrogen (secondary N) is 1.